The molecule has 2 unspecified atom stereocenters. The minimum Gasteiger partial charge on any atom is -0.329 e. The van der Waals surface area contributed by atoms with E-state index in [1.807, 2.05) is 68.4 Å². The average Bonchev–Trinajstić information content (AvgIpc) is 2.64. The third-order valence-electron chi connectivity index (χ3n) is 4.35. The standard InChI is InChI=1S/C21H25N3OS/c1-4-21(3,17-10-6-5-7-11-17)24-20(25)23-18-12-8-9-13-19(18)26-16(2)14-15-22/h5-13,16H,4,14H2,1-3H3,(H2,23,24,25). The fraction of sp³-hybridized carbons (Fsp3) is 0.333. The van der Waals surface area contributed by atoms with Crippen molar-refractivity contribution in [2.45, 2.75) is 49.3 Å². The second-order valence-electron chi connectivity index (χ2n) is 6.42. The van der Waals surface area contributed by atoms with Crippen molar-refractivity contribution in [3.63, 3.8) is 0 Å². The second kappa shape index (κ2) is 9.30. The van der Waals surface area contributed by atoms with Gasteiger partial charge in [-0.3, -0.25) is 0 Å². The number of anilines is 1. The van der Waals surface area contributed by atoms with Gasteiger partial charge < -0.3 is 10.6 Å². The molecule has 0 aliphatic carbocycles. The highest BCUT2D eigenvalue weighted by Crippen LogP contribution is 2.32. The number of amides is 2. The number of benzene rings is 2. The largest absolute Gasteiger partial charge is 0.329 e. The van der Waals surface area contributed by atoms with Crippen LogP contribution in [0, 0.1) is 11.3 Å². The molecule has 0 saturated heterocycles. The van der Waals surface area contributed by atoms with Crippen LogP contribution in [0.25, 0.3) is 0 Å². The number of thioether (sulfide) groups is 1. The van der Waals surface area contributed by atoms with Crippen molar-refractivity contribution in [3.05, 3.63) is 60.2 Å². The highest BCUT2D eigenvalue weighted by molar-refractivity contribution is 8.00. The summed E-state index contributed by atoms with van der Waals surface area (Å²) in [6.45, 7) is 6.09. The topological polar surface area (TPSA) is 64.9 Å². The number of nitriles is 1. The summed E-state index contributed by atoms with van der Waals surface area (Å²) in [6.07, 6.45) is 1.24. The fourth-order valence-corrected chi connectivity index (χ4v) is 3.63. The average molecular weight is 368 g/mol. The van der Waals surface area contributed by atoms with Crippen molar-refractivity contribution in [2.24, 2.45) is 0 Å². The fourth-order valence-electron chi connectivity index (χ4n) is 2.63. The van der Waals surface area contributed by atoms with Crippen molar-refractivity contribution in [1.29, 1.82) is 5.26 Å². The molecule has 0 spiro atoms. The van der Waals surface area contributed by atoms with Crippen LogP contribution in [-0.4, -0.2) is 11.3 Å². The Morgan fingerprint density at radius 3 is 2.50 bits per heavy atom. The lowest BCUT2D eigenvalue weighted by Gasteiger charge is -2.30. The minimum absolute atomic E-state index is 0.163. The molecule has 2 aromatic carbocycles. The van der Waals surface area contributed by atoms with Gasteiger partial charge in [0.15, 0.2) is 0 Å². The maximum atomic E-state index is 12.6. The summed E-state index contributed by atoms with van der Waals surface area (Å²) in [7, 11) is 0. The highest BCUT2D eigenvalue weighted by atomic mass is 32.2. The predicted octanol–water partition coefficient (Wildman–Crippen LogP) is 5.53. The molecule has 2 rings (SSSR count). The predicted molar refractivity (Wildman–Crippen MR) is 108 cm³/mol. The van der Waals surface area contributed by atoms with Gasteiger partial charge in [0.25, 0.3) is 0 Å². The van der Waals surface area contributed by atoms with E-state index >= 15 is 0 Å². The normalized spacial score (nSPS) is 13.9. The van der Waals surface area contributed by atoms with Gasteiger partial charge in [0.1, 0.15) is 0 Å². The molecular weight excluding hydrogens is 342 g/mol. The Kier molecular flexibility index (Phi) is 7.11. The van der Waals surface area contributed by atoms with Gasteiger partial charge in [0, 0.05) is 16.6 Å². The first-order valence-electron chi connectivity index (χ1n) is 8.76. The molecule has 0 aliphatic rings. The van der Waals surface area contributed by atoms with Crippen molar-refractivity contribution in [2.75, 3.05) is 5.32 Å². The molecule has 0 fully saturated rings. The highest BCUT2D eigenvalue weighted by Gasteiger charge is 2.26. The van der Waals surface area contributed by atoms with Gasteiger partial charge in [-0.05, 0) is 31.0 Å². The van der Waals surface area contributed by atoms with Crippen LogP contribution in [0.3, 0.4) is 0 Å². The van der Waals surface area contributed by atoms with Crippen LogP contribution < -0.4 is 10.6 Å². The lowest BCUT2D eigenvalue weighted by Crippen LogP contribution is -2.45. The number of para-hydroxylation sites is 1. The van der Waals surface area contributed by atoms with Gasteiger partial charge in [-0.1, -0.05) is 56.3 Å². The maximum absolute atomic E-state index is 12.6. The van der Waals surface area contributed by atoms with Crippen molar-refractivity contribution < 1.29 is 4.79 Å². The minimum atomic E-state index is -0.443. The number of urea groups is 1. The zero-order valence-corrected chi connectivity index (χ0v) is 16.3. The first-order valence-corrected chi connectivity index (χ1v) is 9.64. The number of nitrogens with one attached hydrogen (secondary N) is 2. The number of carbonyl (C=O) groups excluding carboxylic acids is 1. The smallest absolute Gasteiger partial charge is 0.319 e. The van der Waals surface area contributed by atoms with Crippen LogP contribution in [0.1, 0.15) is 39.2 Å². The van der Waals surface area contributed by atoms with Crippen LogP contribution in [0.5, 0.6) is 0 Å². The van der Waals surface area contributed by atoms with E-state index in [1.165, 1.54) is 0 Å². The van der Waals surface area contributed by atoms with Crippen LogP contribution in [0.4, 0.5) is 10.5 Å². The van der Waals surface area contributed by atoms with Gasteiger partial charge in [0.2, 0.25) is 0 Å². The maximum Gasteiger partial charge on any atom is 0.319 e. The molecule has 0 saturated carbocycles. The zero-order valence-electron chi connectivity index (χ0n) is 15.5. The molecule has 136 valence electrons. The van der Waals surface area contributed by atoms with E-state index in [-0.39, 0.29) is 11.3 Å². The molecule has 5 heteroatoms. The molecule has 0 heterocycles. The third-order valence-corrected chi connectivity index (χ3v) is 5.53. The Balaban J connectivity index is 2.11. The van der Waals surface area contributed by atoms with Gasteiger partial charge in [-0.25, -0.2) is 4.79 Å². The molecule has 0 aliphatic heterocycles. The molecule has 2 aromatic rings. The molecular formula is C21H25N3OS. The molecule has 2 amide bonds. The lowest BCUT2D eigenvalue weighted by molar-refractivity contribution is 0.238. The SMILES string of the molecule is CCC(C)(NC(=O)Nc1ccccc1SC(C)CC#N)c1ccccc1. The molecule has 0 radical (unpaired) electrons. The summed E-state index contributed by atoms with van der Waals surface area (Å²) in [6, 6.07) is 19.6. The Morgan fingerprint density at radius 2 is 1.85 bits per heavy atom. The number of hydrogen-bond donors (Lipinski definition) is 2. The van der Waals surface area contributed by atoms with Crippen LogP contribution >= 0.6 is 11.8 Å². The Morgan fingerprint density at radius 1 is 1.19 bits per heavy atom. The Bertz CT molecular complexity index is 772. The van der Waals surface area contributed by atoms with E-state index in [0.717, 1.165) is 22.6 Å². The van der Waals surface area contributed by atoms with Gasteiger partial charge >= 0.3 is 6.03 Å². The molecule has 2 atom stereocenters. The van der Waals surface area contributed by atoms with Crippen molar-refractivity contribution >= 4 is 23.5 Å². The summed E-state index contributed by atoms with van der Waals surface area (Å²) >= 11 is 1.59. The van der Waals surface area contributed by atoms with E-state index in [4.69, 9.17) is 5.26 Å². The first kappa shape index (κ1) is 19.9. The summed E-state index contributed by atoms with van der Waals surface area (Å²) in [5.41, 5.74) is 1.39. The summed E-state index contributed by atoms with van der Waals surface area (Å²) in [5, 5.41) is 15.1. The van der Waals surface area contributed by atoms with Crippen LogP contribution in [0.2, 0.25) is 0 Å². The quantitative estimate of drug-likeness (QED) is 0.633. The van der Waals surface area contributed by atoms with Gasteiger partial charge in [-0.15, -0.1) is 11.8 Å². The van der Waals surface area contributed by atoms with E-state index < -0.39 is 5.54 Å². The first-order chi connectivity index (χ1) is 12.5. The molecule has 26 heavy (non-hydrogen) atoms. The van der Waals surface area contributed by atoms with Crippen molar-refractivity contribution in [1.82, 2.24) is 5.32 Å². The monoisotopic (exact) mass is 367 g/mol. The Hall–Kier alpha value is -2.45. The van der Waals surface area contributed by atoms with Crippen molar-refractivity contribution in [3.8, 4) is 6.07 Å². The van der Waals surface area contributed by atoms with E-state index in [9.17, 15) is 4.79 Å². The number of hydrogen-bond acceptors (Lipinski definition) is 3. The molecule has 0 bridgehead atoms. The zero-order chi connectivity index (χ0) is 19.0. The number of carbonyl (C=O) groups is 1. The van der Waals surface area contributed by atoms with E-state index in [1.54, 1.807) is 11.8 Å². The van der Waals surface area contributed by atoms with Crippen LogP contribution in [0.15, 0.2) is 59.5 Å². The van der Waals surface area contributed by atoms with E-state index in [2.05, 4.69) is 23.6 Å². The summed E-state index contributed by atoms with van der Waals surface area (Å²) in [4.78, 5) is 13.6. The molecule has 2 N–H and O–H groups in total. The van der Waals surface area contributed by atoms with Gasteiger partial charge in [-0.2, -0.15) is 5.26 Å². The summed E-state index contributed by atoms with van der Waals surface area (Å²) < 4.78 is 0. The van der Waals surface area contributed by atoms with Gasteiger partial charge in [0.05, 0.1) is 17.3 Å². The summed E-state index contributed by atoms with van der Waals surface area (Å²) in [5.74, 6) is 0. The van der Waals surface area contributed by atoms with E-state index in [0.29, 0.717) is 6.42 Å². The Labute approximate surface area is 160 Å². The third kappa shape index (κ3) is 5.27. The van der Waals surface area contributed by atoms with Crippen LogP contribution in [-0.2, 0) is 5.54 Å². The molecule has 0 aromatic heterocycles. The lowest BCUT2D eigenvalue weighted by atomic mass is 9.89. The molecule has 4 nitrogen and oxygen atoms in total. The second-order valence-corrected chi connectivity index (χ2v) is 7.90. The number of rotatable bonds is 7. The number of nitrogens with zero attached hydrogens (tertiary/aromatic N) is 1.